The number of benzene rings is 1. The van der Waals surface area contributed by atoms with Crippen molar-refractivity contribution >= 4 is 18.0 Å². The molecule has 1 atom stereocenters. The summed E-state index contributed by atoms with van der Waals surface area (Å²) in [7, 11) is 2.90. The number of carboxylic acids is 1. The fourth-order valence-electron chi connectivity index (χ4n) is 3.44. The van der Waals surface area contributed by atoms with Crippen molar-refractivity contribution in [2.75, 3.05) is 14.2 Å². The Labute approximate surface area is 208 Å². The summed E-state index contributed by atoms with van der Waals surface area (Å²) in [5.74, 6) is -0.982. The highest BCUT2D eigenvalue weighted by molar-refractivity contribution is 5.96. The number of nitrogens with one attached hydrogen (secondary N) is 1. The van der Waals surface area contributed by atoms with Gasteiger partial charge in [-0.1, -0.05) is 30.3 Å². The lowest BCUT2D eigenvalue weighted by Gasteiger charge is -2.29. The molecule has 0 saturated heterocycles. The molecular formula is C25H29N5O6. The molecule has 0 aliphatic rings. The first-order valence-corrected chi connectivity index (χ1v) is 11.1. The number of aromatic nitrogens is 3. The van der Waals surface area contributed by atoms with Crippen LogP contribution in [0.15, 0.2) is 51.9 Å². The molecule has 2 heterocycles. The third-order valence-electron chi connectivity index (χ3n) is 4.98. The average molecular weight is 496 g/mol. The van der Waals surface area contributed by atoms with Crippen molar-refractivity contribution in [3.05, 3.63) is 65.2 Å². The van der Waals surface area contributed by atoms with Crippen LogP contribution in [-0.4, -0.2) is 58.0 Å². The molecular weight excluding hydrogens is 466 g/mol. The van der Waals surface area contributed by atoms with Crippen LogP contribution in [0.3, 0.4) is 0 Å². The van der Waals surface area contributed by atoms with Gasteiger partial charge < -0.3 is 24.3 Å². The lowest BCUT2D eigenvalue weighted by atomic mass is 9.92. The first-order chi connectivity index (χ1) is 16.9. The third-order valence-corrected chi connectivity index (χ3v) is 4.98. The highest BCUT2D eigenvalue weighted by Gasteiger charge is 2.37. The number of hydrogen-bond acceptors (Lipinski definition) is 9. The molecule has 0 fully saturated rings. The van der Waals surface area contributed by atoms with E-state index in [9.17, 15) is 14.7 Å². The second-order valence-electron chi connectivity index (χ2n) is 9.20. The zero-order valence-corrected chi connectivity index (χ0v) is 21.0. The van der Waals surface area contributed by atoms with Crippen LogP contribution in [0, 0.1) is 0 Å². The molecule has 3 rings (SSSR count). The van der Waals surface area contributed by atoms with Gasteiger partial charge in [0.1, 0.15) is 22.5 Å². The summed E-state index contributed by atoms with van der Waals surface area (Å²) < 4.78 is 16.6. The Morgan fingerprint density at radius 2 is 1.81 bits per heavy atom. The van der Waals surface area contributed by atoms with Crippen molar-refractivity contribution in [3.63, 3.8) is 0 Å². The van der Waals surface area contributed by atoms with E-state index >= 15 is 0 Å². The van der Waals surface area contributed by atoms with Crippen LogP contribution in [0.2, 0.25) is 0 Å². The number of ether oxygens (including phenoxy) is 2. The van der Waals surface area contributed by atoms with Gasteiger partial charge in [-0.2, -0.15) is 0 Å². The smallest absolute Gasteiger partial charge is 0.408 e. The molecule has 0 spiro atoms. The van der Waals surface area contributed by atoms with E-state index in [0.29, 0.717) is 6.42 Å². The van der Waals surface area contributed by atoms with E-state index in [4.69, 9.17) is 13.9 Å². The molecule has 0 saturated carbocycles. The standard InChI is InChI=1S/C25H29N5O6/c1-24(2,3)36-23(33)28-25(4,14-15-10-8-7-9-11-15)22-30-29-20(35-22)18-13-16(21(31)32)12-17(27-18)19(26-5)34-6/h7-13H,14H2,1-6H3,(H,28,33)(H,31,32)/b26-19-. The predicted molar refractivity (Wildman–Crippen MR) is 131 cm³/mol. The minimum absolute atomic E-state index is 0.0359. The maximum Gasteiger partial charge on any atom is 0.408 e. The van der Waals surface area contributed by atoms with Gasteiger partial charge in [-0.3, -0.25) is 4.99 Å². The summed E-state index contributed by atoms with van der Waals surface area (Å²) in [6.45, 7) is 7.02. The summed E-state index contributed by atoms with van der Waals surface area (Å²) in [6, 6.07) is 12.1. The maximum absolute atomic E-state index is 12.7. The van der Waals surface area contributed by atoms with Crippen LogP contribution in [0.4, 0.5) is 4.79 Å². The lowest BCUT2D eigenvalue weighted by Crippen LogP contribution is -2.47. The van der Waals surface area contributed by atoms with Gasteiger partial charge in [0.05, 0.1) is 12.7 Å². The van der Waals surface area contributed by atoms with Gasteiger partial charge in [0.15, 0.2) is 0 Å². The minimum Gasteiger partial charge on any atom is -0.480 e. The molecule has 2 aromatic heterocycles. The second-order valence-corrected chi connectivity index (χ2v) is 9.20. The van der Waals surface area contributed by atoms with E-state index in [2.05, 4.69) is 25.5 Å². The number of pyridine rings is 1. The largest absolute Gasteiger partial charge is 0.480 e. The predicted octanol–water partition coefficient (Wildman–Crippen LogP) is 3.84. The van der Waals surface area contributed by atoms with Crippen LogP contribution in [-0.2, 0) is 21.4 Å². The molecule has 1 aromatic carbocycles. The number of carbonyl (C=O) groups excluding carboxylic acids is 1. The summed E-state index contributed by atoms with van der Waals surface area (Å²) >= 11 is 0. The number of amides is 1. The van der Waals surface area contributed by atoms with Gasteiger partial charge in [0.2, 0.25) is 11.8 Å². The van der Waals surface area contributed by atoms with Crippen LogP contribution in [0.25, 0.3) is 11.6 Å². The van der Waals surface area contributed by atoms with Crippen molar-refractivity contribution in [1.29, 1.82) is 0 Å². The van der Waals surface area contributed by atoms with Crippen LogP contribution < -0.4 is 5.32 Å². The number of carbonyl (C=O) groups is 2. The lowest BCUT2D eigenvalue weighted by molar-refractivity contribution is 0.0443. The number of carboxylic acid groups (broad SMARTS) is 1. The van der Waals surface area contributed by atoms with E-state index in [-0.39, 0.29) is 34.6 Å². The summed E-state index contributed by atoms with van der Waals surface area (Å²) in [5, 5.41) is 20.7. The van der Waals surface area contributed by atoms with Crippen molar-refractivity contribution in [1.82, 2.24) is 20.5 Å². The second kappa shape index (κ2) is 10.5. The van der Waals surface area contributed by atoms with Gasteiger partial charge >= 0.3 is 12.1 Å². The Morgan fingerprint density at radius 1 is 1.11 bits per heavy atom. The molecule has 0 bridgehead atoms. The molecule has 1 unspecified atom stereocenters. The van der Waals surface area contributed by atoms with Gasteiger partial charge in [0, 0.05) is 13.5 Å². The van der Waals surface area contributed by atoms with Crippen molar-refractivity contribution < 1.29 is 28.6 Å². The van der Waals surface area contributed by atoms with Crippen LogP contribution >= 0.6 is 0 Å². The topological polar surface area (TPSA) is 149 Å². The molecule has 11 nitrogen and oxygen atoms in total. The molecule has 0 aliphatic heterocycles. The molecule has 1 amide bonds. The molecule has 0 radical (unpaired) electrons. The Morgan fingerprint density at radius 3 is 2.39 bits per heavy atom. The number of alkyl carbamates (subject to hydrolysis) is 1. The van der Waals surface area contributed by atoms with E-state index in [0.717, 1.165) is 5.56 Å². The first kappa shape index (κ1) is 26.3. The minimum atomic E-state index is -1.17. The van der Waals surface area contributed by atoms with Crippen molar-refractivity contribution in [3.8, 4) is 11.6 Å². The van der Waals surface area contributed by atoms with Crippen molar-refractivity contribution in [2.45, 2.75) is 45.3 Å². The molecule has 190 valence electrons. The van der Waals surface area contributed by atoms with Crippen molar-refractivity contribution in [2.24, 2.45) is 4.99 Å². The Hall–Kier alpha value is -4.28. The quantitative estimate of drug-likeness (QED) is 0.368. The molecule has 36 heavy (non-hydrogen) atoms. The van der Waals surface area contributed by atoms with Gasteiger partial charge in [0.25, 0.3) is 5.89 Å². The van der Waals surface area contributed by atoms with E-state index < -0.39 is 23.2 Å². The molecule has 2 N–H and O–H groups in total. The fourth-order valence-corrected chi connectivity index (χ4v) is 3.44. The number of aliphatic imine (C=N–C) groups is 1. The van der Waals surface area contributed by atoms with Gasteiger partial charge in [-0.25, -0.2) is 14.6 Å². The average Bonchev–Trinajstić information content (AvgIpc) is 3.30. The Balaban J connectivity index is 2.04. The number of aromatic carboxylic acids is 1. The zero-order valence-electron chi connectivity index (χ0n) is 21.0. The molecule has 3 aromatic rings. The normalized spacial score (nSPS) is 13.6. The third kappa shape index (κ3) is 6.44. The van der Waals surface area contributed by atoms with Gasteiger partial charge in [-0.05, 0) is 45.4 Å². The number of methoxy groups -OCH3 is 1. The Kier molecular flexibility index (Phi) is 7.71. The molecule has 11 heteroatoms. The fraction of sp³-hybridized carbons (Fsp3) is 0.360. The first-order valence-electron chi connectivity index (χ1n) is 11.1. The highest BCUT2D eigenvalue weighted by Crippen LogP contribution is 2.28. The highest BCUT2D eigenvalue weighted by atomic mass is 16.6. The number of rotatable bonds is 7. The zero-order chi connectivity index (χ0) is 26.5. The van der Waals surface area contributed by atoms with E-state index in [1.165, 1.54) is 26.3 Å². The molecule has 0 aliphatic carbocycles. The monoisotopic (exact) mass is 495 g/mol. The van der Waals surface area contributed by atoms with E-state index in [1.54, 1.807) is 27.7 Å². The maximum atomic E-state index is 12.7. The summed E-state index contributed by atoms with van der Waals surface area (Å²) in [4.78, 5) is 32.8. The van der Waals surface area contributed by atoms with Gasteiger partial charge in [-0.15, -0.1) is 10.2 Å². The summed E-state index contributed by atoms with van der Waals surface area (Å²) in [6.07, 6.45) is -0.336. The van der Waals surface area contributed by atoms with Crippen LogP contribution in [0.1, 0.15) is 55.2 Å². The number of hydrogen-bond donors (Lipinski definition) is 2. The SMILES string of the molecule is C/N=C(\OC)c1cc(C(=O)O)cc(-c2nnc(C(C)(Cc3ccccc3)NC(=O)OC(C)(C)C)o2)n1. The summed E-state index contributed by atoms with van der Waals surface area (Å²) in [5.41, 5.74) is -0.713. The number of nitrogens with zero attached hydrogens (tertiary/aromatic N) is 4. The Bertz CT molecular complexity index is 1270. The van der Waals surface area contributed by atoms with E-state index in [1.807, 2.05) is 30.3 Å². The van der Waals surface area contributed by atoms with Crippen LogP contribution in [0.5, 0.6) is 0 Å².